The maximum Gasteiger partial charge on any atom is 0.274 e. The molecule has 0 aliphatic rings. The minimum Gasteiger partial charge on any atom is -0.486 e. The Morgan fingerprint density at radius 2 is 1.72 bits per heavy atom. The van der Waals surface area contributed by atoms with Crippen molar-refractivity contribution in [2.75, 3.05) is 0 Å². The average molecular weight is 481 g/mol. The van der Waals surface area contributed by atoms with Gasteiger partial charge in [-0.3, -0.25) is 4.79 Å². The number of thiazole rings is 1. The van der Waals surface area contributed by atoms with E-state index in [2.05, 4.69) is 4.98 Å². The Hall–Kier alpha value is -2.86. The van der Waals surface area contributed by atoms with Gasteiger partial charge in [-0.15, -0.1) is 0 Å². The first-order valence-corrected chi connectivity index (χ1v) is 11.6. The molecule has 5 aromatic rings. The van der Waals surface area contributed by atoms with Crippen LogP contribution in [0.4, 0.5) is 0 Å². The maximum atomic E-state index is 13.1. The van der Waals surface area contributed by atoms with Gasteiger partial charge in [-0.05, 0) is 66.4 Å². The van der Waals surface area contributed by atoms with E-state index in [-0.39, 0.29) is 5.56 Å². The molecule has 0 aliphatic heterocycles. The Morgan fingerprint density at radius 1 is 1.03 bits per heavy atom. The Morgan fingerprint density at radius 3 is 2.44 bits per heavy atom. The van der Waals surface area contributed by atoms with Gasteiger partial charge in [-0.2, -0.15) is 0 Å². The molecular weight excluding hydrogens is 463 g/mol. The molecule has 3 aromatic carbocycles. The van der Waals surface area contributed by atoms with E-state index >= 15 is 0 Å². The van der Waals surface area contributed by atoms with Gasteiger partial charge in [0.05, 0.1) is 25.6 Å². The summed E-state index contributed by atoms with van der Waals surface area (Å²) in [5, 5.41) is 0.787. The van der Waals surface area contributed by atoms with Gasteiger partial charge in [0, 0.05) is 0 Å². The fourth-order valence-electron chi connectivity index (χ4n) is 3.60. The fourth-order valence-corrected chi connectivity index (χ4v) is 5.20. The molecule has 0 aliphatic carbocycles. The monoisotopic (exact) mass is 480 g/mol. The third-order valence-corrected chi connectivity index (χ3v) is 6.93. The second kappa shape index (κ2) is 8.24. The number of aryl methyl sites for hydroxylation is 2. The first kappa shape index (κ1) is 21.0. The van der Waals surface area contributed by atoms with E-state index in [1.807, 2.05) is 56.3 Å². The van der Waals surface area contributed by atoms with E-state index in [9.17, 15) is 4.79 Å². The lowest BCUT2D eigenvalue weighted by molar-refractivity contribution is 0.306. The summed E-state index contributed by atoms with van der Waals surface area (Å²) in [6, 6.07) is 17.3. The molecule has 4 nitrogen and oxygen atoms in total. The minimum atomic E-state index is -0.104. The van der Waals surface area contributed by atoms with Crippen molar-refractivity contribution in [3.05, 3.63) is 102 Å². The van der Waals surface area contributed by atoms with Crippen LogP contribution in [0.2, 0.25) is 10.0 Å². The molecule has 0 unspecified atom stereocenters. The quantitative estimate of drug-likeness (QED) is 0.318. The smallest absolute Gasteiger partial charge is 0.274 e. The Balaban J connectivity index is 1.52. The Kier molecular flexibility index (Phi) is 5.41. The summed E-state index contributed by atoms with van der Waals surface area (Å²) in [7, 11) is 0. The van der Waals surface area contributed by atoms with Crippen molar-refractivity contribution in [3.8, 4) is 5.75 Å². The molecule has 7 heteroatoms. The van der Waals surface area contributed by atoms with E-state index in [0.29, 0.717) is 31.9 Å². The SMILES string of the molecule is Cc1cc2nc3s/c(=C\c4cc(Cl)c(OCc5ccccc5)c(Cl)c4)c(=O)n3c2cc1C. The van der Waals surface area contributed by atoms with E-state index < -0.39 is 0 Å². The number of ether oxygens (including phenoxy) is 1. The Bertz CT molecular complexity index is 1570. The molecule has 0 N–H and O–H groups in total. The predicted octanol–water partition coefficient (Wildman–Crippen LogP) is 5.96. The van der Waals surface area contributed by atoms with Gasteiger partial charge in [0.15, 0.2) is 10.7 Å². The number of rotatable bonds is 4. The molecule has 0 fully saturated rings. The van der Waals surface area contributed by atoms with Crippen molar-refractivity contribution < 1.29 is 4.74 Å². The van der Waals surface area contributed by atoms with E-state index in [1.165, 1.54) is 11.3 Å². The van der Waals surface area contributed by atoms with Crippen molar-refractivity contribution in [1.82, 2.24) is 9.38 Å². The molecule has 32 heavy (non-hydrogen) atoms. The van der Waals surface area contributed by atoms with Crippen molar-refractivity contribution in [2.45, 2.75) is 20.5 Å². The standard InChI is InChI=1S/C25H18Cl2N2O2S/c1-14-8-20-21(9-15(14)2)29-24(30)22(32-25(29)28-20)12-17-10-18(26)23(19(27)11-17)31-13-16-6-4-3-5-7-16/h3-12H,13H2,1-2H3/b22-12-. The van der Waals surface area contributed by atoms with Gasteiger partial charge in [0.2, 0.25) is 0 Å². The zero-order valence-electron chi connectivity index (χ0n) is 17.4. The summed E-state index contributed by atoms with van der Waals surface area (Å²) in [6.07, 6.45) is 1.79. The van der Waals surface area contributed by atoms with Gasteiger partial charge in [0.25, 0.3) is 5.56 Å². The lowest BCUT2D eigenvalue weighted by atomic mass is 10.1. The third kappa shape index (κ3) is 3.77. The summed E-state index contributed by atoms with van der Waals surface area (Å²) in [6.45, 7) is 4.44. The van der Waals surface area contributed by atoms with E-state index in [1.54, 1.807) is 22.6 Å². The highest BCUT2D eigenvalue weighted by atomic mass is 35.5. The molecule has 0 amide bonds. The van der Waals surface area contributed by atoms with Crippen LogP contribution in [-0.2, 0) is 6.61 Å². The number of nitrogens with zero attached hydrogens (tertiary/aromatic N) is 2. The van der Waals surface area contributed by atoms with Crippen LogP contribution in [0.25, 0.3) is 22.1 Å². The summed E-state index contributed by atoms with van der Waals surface area (Å²) < 4.78 is 8.07. The van der Waals surface area contributed by atoms with Crippen LogP contribution < -0.4 is 14.8 Å². The molecule has 0 radical (unpaired) electrons. The van der Waals surface area contributed by atoms with Crippen molar-refractivity contribution in [2.24, 2.45) is 0 Å². The second-order valence-corrected chi connectivity index (χ2v) is 9.48. The summed E-state index contributed by atoms with van der Waals surface area (Å²) in [4.78, 5) is 18.4. The summed E-state index contributed by atoms with van der Waals surface area (Å²) in [5.74, 6) is 0.425. The zero-order valence-corrected chi connectivity index (χ0v) is 19.7. The molecule has 2 aromatic heterocycles. The number of benzene rings is 3. The summed E-state index contributed by atoms with van der Waals surface area (Å²) >= 11 is 14.3. The molecule has 2 heterocycles. The lowest BCUT2D eigenvalue weighted by Crippen LogP contribution is -2.22. The fraction of sp³-hybridized carbons (Fsp3) is 0.120. The number of aromatic nitrogens is 2. The predicted molar refractivity (Wildman–Crippen MR) is 132 cm³/mol. The number of fused-ring (bicyclic) bond motifs is 3. The van der Waals surface area contributed by atoms with Gasteiger partial charge in [-0.25, -0.2) is 9.38 Å². The molecule has 0 spiro atoms. The zero-order chi connectivity index (χ0) is 22.4. The molecule has 0 bridgehead atoms. The van der Waals surface area contributed by atoms with Gasteiger partial charge in [0.1, 0.15) is 6.61 Å². The first-order chi connectivity index (χ1) is 15.4. The van der Waals surface area contributed by atoms with E-state index in [4.69, 9.17) is 27.9 Å². The Labute approximate surface area is 198 Å². The molecule has 5 rings (SSSR count). The van der Waals surface area contributed by atoms with Crippen LogP contribution in [0.15, 0.2) is 59.4 Å². The average Bonchev–Trinajstić information content (AvgIpc) is 3.24. The highest BCUT2D eigenvalue weighted by Gasteiger charge is 2.14. The molecular formula is C25H18Cl2N2O2S. The molecule has 0 atom stereocenters. The molecule has 0 saturated carbocycles. The summed E-state index contributed by atoms with van der Waals surface area (Å²) in [5.41, 5.74) is 5.57. The topological polar surface area (TPSA) is 43.6 Å². The van der Waals surface area contributed by atoms with Crippen molar-refractivity contribution >= 4 is 56.6 Å². The number of imidazole rings is 1. The highest BCUT2D eigenvalue weighted by Crippen LogP contribution is 2.35. The maximum absolute atomic E-state index is 13.1. The first-order valence-electron chi connectivity index (χ1n) is 10.0. The van der Waals surface area contributed by atoms with Crippen molar-refractivity contribution in [3.63, 3.8) is 0 Å². The number of halogens is 2. The van der Waals surface area contributed by atoms with E-state index in [0.717, 1.165) is 33.3 Å². The number of hydrogen-bond donors (Lipinski definition) is 0. The normalized spacial score (nSPS) is 12.2. The third-order valence-electron chi connectivity index (χ3n) is 5.40. The highest BCUT2D eigenvalue weighted by molar-refractivity contribution is 7.15. The molecule has 0 saturated heterocycles. The molecule has 160 valence electrons. The van der Waals surface area contributed by atoms with Crippen LogP contribution in [-0.4, -0.2) is 9.38 Å². The van der Waals surface area contributed by atoms with Gasteiger partial charge in [-0.1, -0.05) is 64.9 Å². The largest absolute Gasteiger partial charge is 0.486 e. The van der Waals surface area contributed by atoms with Gasteiger partial charge >= 0.3 is 0 Å². The van der Waals surface area contributed by atoms with Crippen LogP contribution in [0, 0.1) is 13.8 Å². The minimum absolute atomic E-state index is 0.104. The number of hydrogen-bond acceptors (Lipinski definition) is 4. The lowest BCUT2D eigenvalue weighted by Gasteiger charge is -2.11. The van der Waals surface area contributed by atoms with Crippen molar-refractivity contribution in [1.29, 1.82) is 0 Å². The van der Waals surface area contributed by atoms with Crippen LogP contribution in [0.5, 0.6) is 5.75 Å². The van der Waals surface area contributed by atoms with Gasteiger partial charge < -0.3 is 4.74 Å². The van der Waals surface area contributed by atoms with Crippen LogP contribution in [0.1, 0.15) is 22.3 Å². The van der Waals surface area contributed by atoms with Crippen LogP contribution in [0.3, 0.4) is 0 Å². The second-order valence-electron chi connectivity index (χ2n) is 7.66. The van der Waals surface area contributed by atoms with Crippen LogP contribution >= 0.6 is 34.5 Å².